The summed E-state index contributed by atoms with van der Waals surface area (Å²) < 4.78 is 1.06. The molecule has 0 bridgehead atoms. The third kappa shape index (κ3) is 1.93. The summed E-state index contributed by atoms with van der Waals surface area (Å²) in [7, 11) is 0. The van der Waals surface area contributed by atoms with Gasteiger partial charge in [-0.2, -0.15) is 0 Å². The van der Waals surface area contributed by atoms with Crippen molar-refractivity contribution in [3.8, 4) is 0 Å². The van der Waals surface area contributed by atoms with E-state index in [-0.39, 0.29) is 0 Å². The molecule has 13 heavy (non-hydrogen) atoms. The molecule has 70 valence electrons. The van der Waals surface area contributed by atoms with Crippen LogP contribution in [0.3, 0.4) is 0 Å². The number of rotatable bonds is 2. The zero-order chi connectivity index (χ0) is 9.42. The topological polar surface area (TPSA) is 12.9 Å². The Hall–Kier alpha value is -0.370. The average molecular weight is 240 g/mol. The second-order valence-corrected chi connectivity index (χ2v) is 4.80. The molecule has 1 saturated carbocycles. The third-order valence-corrected chi connectivity index (χ3v) is 3.14. The predicted octanol–water partition coefficient (Wildman–Crippen LogP) is 3.84. The van der Waals surface area contributed by atoms with E-state index in [4.69, 9.17) is 0 Å². The van der Waals surface area contributed by atoms with Crippen molar-refractivity contribution in [2.24, 2.45) is 0 Å². The Labute approximate surface area is 87.7 Å². The molecule has 0 radical (unpaired) electrons. The molecule has 2 rings (SSSR count). The van der Waals surface area contributed by atoms with Crippen molar-refractivity contribution in [2.75, 3.05) is 0 Å². The highest BCUT2D eigenvalue weighted by atomic mass is 79.9. The Bertz CT molecular complexity index is 316. The highest BCUT2D eigenvalue weighted by molar-refractivity contribution is 9.10. The average Bonchev–Trinajstić information content (AvgIpc) is 2.87. The Morgan fingerprint density at radius 3 is 2.54 bits per heavy atom. The molecular formula is C11H14BrN. The number of halogens is 1. The van der Waals surface area contributed by atoms with Gasteiger partial charge in [0.2, 0.25) is 0 Å². The number of aromatic nitrogens is 1. The monoisotopic (exact) mass is 239 g/mol. The first-order valence-corrected chi connectivity index (χ1v) is 5.64. The maximum Gasteiger partial charge on any atom is 0.109 e. The molecule has 1 aliphatic carbocycles. The largest absolute Gasteiger partial charge is 0.245 e. The summed E-state index contributed by atoms with van der Waals surface area (Å²) in [6.45, 7) is 4.34. The molecule has 1 heterocycles. The Morgan fingerprint density at radius 2 is 2.08 bits per heavy atom. The molecule has 1 fully saturated rings. The van der Waals surface area contributed by atoms with Gasteiger partial charge in [0.05, 0.1) is 0 Å². The van der Waals surface area contributed by atoms with Gasteiger partial charge in [-0.05, 0) is 52.2 Å². The van der Waals surface area contributed by atoms with Crippen LogP contribution in [0, 0.1) is 0 Å². The molecule has 0 amide bonds. The predicted molar refractivity (Wildman–Crippen MR) is 58.0 cm³/mol. The molecule has 0 spiro atoms. The van der Waals surface area contributed by atoms with Gasteiger partial charge < -0.3 is 0 Å². The molecule has 0 unspecified atom stereocenters. The number of nitrogens with zero attached hydrogens (tertiary/aromatic N) is 1. The fourth-order valence-electron chi connectivity index (χ4n) is 1.48. The summed E-state index contributed by atoms with van der Waals surface area (Å²) in [5, 5.41) is 0. The molecule has 0 atom stereocenters. The zero-order valence-electron chi connectivity index (χ0n) is 8.05. The first-order chi connectivity index (χ1) is 6.18. The fraction of sp³-hybridized carbons (Fsp3) is 0.545. The highest BCUT2D eigenvalue weighted by Crippen LogP contribution is 2.42. The van der Waals surface area contributed by atoms with Crippen molar-refractivity contribution in [3.05, 3.63) is 28.0 Å². The summed E-state index contributed by atoms with van der Waals surface area (Å²) in [4.78, 5) is 4.55. The summed E-state index contributed by atoms with van der Waals surface area (Å²) in [5.74, 6) is 1.30. The van der Waals surface area contributed by atoms with E-state index in [0.29, 0.717) is 5.92 Å². The van der Waals surface area contributed by atoms with Gasteiger partial charge in [0, 0.05) is 5.69 Å². The van der Waals surface area contributed by atoms with Gasteiger partial charge in [-0.3, -0.25) is 0 Å². The Morgan fingerprint density at radius 1 is 1.38 bits per heavy atom. The minimum absolute atomic E-state index is 0.518. The van der Waals surface area contributed by atoms with Crippen LogP contribution in [0.25, 0.3) is 0 Å². The van der Waals surface area contributed by atoms with Crippen molar-refractivity contribution in [1.82, 2.24) is 4.98 Å². The standard InChI is InChI=1S/C11H14BrN/c1-7(2)10-6-5-9(8-3-4-8)11(12)13-10/h5-8H,3-4H2,1-2H3. The molecule has 0 aliphatic heterocycles. The first kappa shape index (κ1) is 9.20. The van der Waals surface area contributed by atoms with Crippen LogP contribution in [-0.4, -0.2) is 4.98 Å². The highest BCUT2D eigenvalue weighted by Gasteiger charge is 2.26. The van der Waals surface area contributed by atoms with Crippen molar-refractivity contribution in [1.29, 1.82) is 0 Å². The lowest BCUT2D eigenvalue weighted by atomic mass is 10.1. The second kappa shape index (κ2) is 3.41. The minimum atomic E-state index is 0.518. The van der Waals surface area contributed by atoms with E-state index < -0.39 is 0 Å². The van der Waals surface area contributed by atoms with Crippen molar-refractivity contribution in [3.63, 3.8) is 0 Å². The summed E-state index contributed by atoms with van der Waals surface area (Å²) in [5.41, 5.74) is 2.57. The van der Waals surface area contributed by atoms with E-state index in [1.807, 2.05) is 0 Å². The van der Waals surface area contributed by atoms with Gasteiger partial charge >= 0.3 is 0 Å². The molecule has 1 aliphatic rings. The van der Waals surface area contributed by atoms with Gasteiger partial charge in [-0.1, -0.05) is 19.9 Å². The Balaban J connectivity index is 2.31. The third-order valence-electron chi connectivity index (χ3n) is 2.51. The lowest BCUT2D eigenvalue weighted by molar-refractivity contribution is 0.812. The van der Waals surface area contributed by atoms with E-state index in [9.17, 15) is 0 Å². The summed E-state index contributed by atoms with van der Waals surface area (Å²) >= 11 is 3.54. The minimum Gasteiger partial charge on any atom is -0.245 e. The first-order valence-electron chi connectivity index (χ1n) is 4.85. The zero-order valence-corrected chi connectivity index (χ0v) is 9.63. The molecule has 2 heteroatoms. The van der Waals surface area contributed by atoms with Crippen LogP contribution < -0.4 is 0 Å². The van der Waals surface area contributed by atoms with Gasteiger partial charge in [0.25, 0.3) is 0 Å². The molecule has 0 aromatic carbocycles. The van der Waals surface area contributed by atoms with Crippen LogP contribution in [-0.2, 0) is 0 Å². The summed E-state index contributed by atoms with van der Waals surface area (Å²) in [6.07, 6.45) is 2.67. The maximum atomic E-state index is 4.55. The van der Waals surface area contributed by atoms with Gasteiger partial charge in [0.15, 0.2) is 0 Å². The van der Waals surface area contributed by atoms with Gasteiger partial charge in [0.1, 0.15) is 4.60 Å². The molecule has 1 aromatic heterocycles. The van der Waals surface area contributed by atoms with Crippen LogP contribution in [0.1, 0.15) is 49.8 Å². The van der Waals surface area contributed by atoms with Crippen LogP contribution in [0.15, 0.2) is 16.7 Å². The Kier molecular flexibility index (Phi) is 2.41. The van der Waals surface area contributed by atoms with E-state index in [2.05, 4.69) is 46.9 Å². The summed E-state index contributed by atoms with van der Waals surface area (Å²) in [6, 6.07) is 4.38. The van der Waals surface area contributed by atoms with Crippen molar-refractivity contribution >= 4 is 15.9 Å². The number of pyridine rings is 1. The smallest absolute Gasteiger partial charge is 0.109 e. The quantitative estimate of drug-likeness (QED) is 0.715. The van der Waals surface area contributed by atoms with Crippen LogP contribution in [0.2, 0.25) is 0 Å². The van der Waals surface area contributed by atoms with E-state index in [1.54, 1.807) is 0 Å². The van der Waals surface area contributed by atoms with Gasteiger partial charge in [-0.15, -0.1) is 0 Å². The molecule has 0 saturated heterocycles. The lowest BCUT2D eigenvalue weighted by Crippen LogP contribution is -1.95. The number of hydrogen-bond donors (Lipinski definition) is 0. The molecular weight excluding hydrogens is 226 g/mol. The normalized spacial score (nSPS) is 16.6. The fourth-order valence-corrected chi connectivity index (χ4v) is 2.14. The SMILES string of the molecule is CC(C)c1ccc(C2CC2)c(Br)n1. The second-order valence-electron chi connectivity index (χ2n) is 4.05. The van der Waals surface area contributed by atoms with E-state index >= 15 is 0 Å². The van der Waals surface area contributed by atoms with Crippen LogP contribution >= 0.6 is 15.9 Å². The lowest BCUT2D eigenvalue weighted by Gasteiger charge is -2.07. The van der Waals surface area contributed by atoms with E-state index in [1.165, 1.54) is 24.1 Å². The van der Waals surface area contributed by atoms with Crippen LogP contribution in [0.5, 0.6) is 0 Å². The van der Waals surface area contributed by atoms with Crippen LogP contribution in [0.4, 0.5) is 0 Å². The molecule has 1 aromatic rings. The van der Waals surface area contributed by atoms with Crippen molar-refractivity contribution < 1.29 is 0 Å². The van der Waals surface area contributed by atoms with Gasteiger partial charge in [-0.25, -0.2) is 4.98 Å². The maximum absolute atomic E-state index is 4.55. The van der Waals surface area contributed by atoms with Crippen molar-refractivity contribution in [2.45, 2.75) is 38.5 Å². The molecule has 0 N–H and O–H groups in total. The number of hydrogen-bond acceptors (Lipinski definition) is 1. The van der Waals surface area contributed by atoms with E-state index in [0.717, 1.165) is 10.5 Å². The molecule has 1 nitrogen and oxygen atoms in total.